The van der Waals surface area contributed by atoms with Gasteiger partial charge in [-0.2, -0.15) is 0 Å². The van der Waals surface area contributed by atoms with Crippen molar-refractivity contribution in [3.05, 3.63) is 18.6 Å². The van der Waals surface area contributed by atoms with Crippen LogP contribution in [-0.4, -0.2) is 58.0 Å². The van der Waals surface area contributed by atoms with Gasteiger partial charge >= 0.3 is 5.97 Å². The topological polar surface area (TPSA) is 86.6 Å². The van der Waals surface area contributed by atoms with Crippen LogP contribution in [0.2, 0.25) is 0 Å². The van der Waals surface area contributed by atoms with Crippen molar-refractivity contribution < 1.29 is 14.7 Å². The smallest absolute Gasteiger partial charge is 0.311 e. The third-order valence-corrected chi connectivity index (χ3v) is 5.02. The lowest BCUT2D eigenvalue weighted by molar-refractivity contribution is -0.147. The molecule has 1 N–H and O–H groups in total. The van der Waals surface area contributed by atoms with Crippen LogP contribution < -0.4 is 4.90 Å². The zero-order chi connectivity index (χ0) is 16.4. The maximum absolute atomic E-state index is 12.6. The third kappa shape index (κ3) is 3.13. The van der Waals surface area contributed by atoms with E-state index in [9.17, 15) is 14.7 Å². The molecule has 0 aliphatic carbocycles. The van der Waals surface area contributed by atoms with Gasteiger partial charge in [-0.25, -0.2) is 4.98 Å². The quantitative estimate of drug-likeness (QED) is 0.895. The fourth-order valence-corrected chi connectivity index (χ4v) is 3.39. The molecule has 0 bridgehead atoms. The predicted molar refractivity (Wildman–Crippen MR) is 83.9 cm³/mol. The van der Waals surface area contributed by atoms with Crippen molar-refractivity contribution >= 4 is 17.7 Å². The van der Waals surface area contributed by atoms with Crippen LogP contribution in [0.5, 0.6) is 0 Å². The number of rotatable bonds is 3. The molecule has 7 nitrogen and oxygen atoms in total. The van der Waals surface area contributed by atoms with Crippen LogP contribution in [0.3, 0.4) is 0 Å². The van der Waals surface area contributed by atoms with Gasteiger partial charge < -0.3 is 14.9 Å². The first-order valence-corrected chi connectivity index (χ1v) is 8.03. The highest BCUT2D eigenvalue weighted by Gasteiger charge is 2.43. The molecule has 1 aromatic rings. The molecule has 2 aliphatic rings. The number of carbonyl (C=O) groups is 2. The van der Waals surface area contributed by atoms with Gasteiger partial charge in [0.2, 0.25) is 5.91 Å². The molecular formula is C16H22N4O3. The minimum atomic E-state index is -0.815. The molecule has 7 heteroatoms. The van der Waals surface area contributed by atoms with E-state index in [4.69, 9.17) is 0 Å². The average Bonchev–Trinajstić information content (AvgIpc) is 2.99. The highest BCUT2D eigenvalue weighted by molar-refractivity contribution is 5.82. The summed E-state index contributed by atoms with van der Waals surface area (Å²) in [6, 6.07) is 0. The summed E-state index contributed by atoms with van der Waals surface area (Å²) in [6.07, 6.45) is 7.13. The number of nitrogens with zero attached hydrogens (tertiary/aromatic N) is 4. The summed E-state index contributed by atoms with van der Waals surface area (Å²) < 4.78 is 0. The number of aliphatic carboxylic acids is 1. The largest absolute Gasteiger partial charge is 0.481 e. The second kappa shape index (κ2) is 6.14. The van der Waals surface area contributed by atoms with Gasteiger partial charge in [-0.15, -0.1) is 0 Å². The molecule has 3 heterocycles. The standard InChI is InChI=1S/C16H22N4O3/c1-16(15(22)23)4-9-20(11-16)14(21)12-2-7-19(8-3-12)13-10-17-5-6-18-13/h5-6,10,12H,2-4,7-9,11H2,1H3,(H,22,23). The molecule has 0 saturated carbocycles. The Hall–Kier alpha value is -2.18. The molecule has 0 spiro atoms. The number of anilines is 1. The molecule has 1 aromatic heterocycles. The molecule has 2 fully saturated rings. The van der Waals surface area contributed by atoms with Crippen molar-refractivity contribution in [2.45, 2.75) is 26.2 Å². The lowest BCUT2D eigenvalue weighted by atomic mass is 9.90. The van der Waals surface area contributed by atoms with E-state index in [1.54, 1.807) is 30.4 Å². The third-order valence-electron chi connectivity index (χ3n) is 5.02. The Balaban J connectivity index is 1.56. The van der Waals surface area contributed by atoms with Gasteiger partial charge in [0.1, 0.15) is 5.82 Å². The summed E-state index contributed by atoms with van der Waals surface area (Å²) in [5.41, 5.74) is -0.796. The Morgan fingerprint density at radius 3 is 2.57 bits per heavy atom. The normalized spacial score (nSPS) is 25.6. The number of carboxylic acid groups (broad SMARTS) is 1. The molecule has 0 aromatic carbocycles. The number of hydrogen-bond donors (Lipinski definition) is 1. The first kappa shape index (κ1) is 15.7. The van der Waals surface area contributed by atoms with Gasteiger partial charge in [0, 0.05) is 44.5 Å². The number of hydrogen-bond acceptors (Lipinski definition) is 5. The summed E-state index contributed by atoms with van der Waals surface area (Å²) in [5.74, 6) is 0.121. The average molecular weight is 318 g/mol. The first-order valence-electron chi connectivity index (χ1n) is 8.03. The van der Waals surface area contributed by atoms with E-state index in [1.165, 1.54) is 0 Å². The molecule has 1 unspecified atom stereocenters. The molecule has 124 valence electrons. The van der Waals surface area contributed by atoms with Crippen LogP contribution in [0.4, 0.5) is 5.82 Å². The first-order chi connectivity index (χ1) is 11.0. The Labute approximate surface area is 135 Å². The Morgan fingerprint density at radius 2 is 2.00 bits per heavy atom. The van der Waals surface area contributed by atoms with Crippen molar-refractivity contribution in [2.75, 3.05) is 31.1 Å². The fraction of sp³-hybridized carbons (Fsp3) is 0.625. The van der Waals surface area contributed by atoms with E-state index in [2.05, 4.69) is 14.9 Å². The summed E-state index contributed by atoms with van der Waals surface area (Å²) >= 11 is 0. The molecule has 2 saturated heterocycles. The van der Waals surface area contributed by atoms with Crippen molar-refractivity contribution in [3.63, 3.8) is 0 Å². The minimum Gasteiger partial charge on any atom is -0.481 e. The van der Waals surface area contributed by atoms with E-state index in [0.717, 1.165) is 31.7 Å². The van der Waals surface area contributed by atoms with Crippen molar-refractivity contribution in [2.24, 2.45) is 11.3 Å². The molecule has 0 radical (unpaired) electrons. The predicted octanol–water partition coefficient (Wildman–Crippen LogP) is 1.02. The monoisotopic (exact) mass is 318 g/mol. The second-order valence-corrected chi connectivity index (χ2v) is 6.70. The maximum Gasteiger partial charge on any atom is 0.311 e. The van der Waals surface area contributed by atoms with Crippen LogP contribution in [0, 0.1) is 11.3 Å². The number of carbonyl (C=O) groups excluding carboxylic acids is 1. The maximum atomic E-state index is 12.6. The molecular weight excluding hydrogens is 296 g/mol. The van der Waals surface area contributed by atoms with Gasteiger partial charge in [-0.3, -0.25) is 14.6 Å². The van der Waals surface area contributed by atoms with E-state index in [-0.39, 0.29) is 11.8 Å². The summed E-state index contributed by atoms with van der Waals surface area (Å²) in [6.45, 7) is 4.15. The van der Waals surface area contributed by atoms with Crippen molar-refractivity contribution in [1.29, 1.82) is 0 Å². The van der Waals surface area contributed by atoms with Crippen LogP contribution >= 0.6 is 0 Å². The number of aromatic nitrogens is 2. The van der Waals surface area contributed by atoms with Crippen LogP contribution in [0.1, 0.15) is 26.2 Å². The van der Waals surface area contributed by atoms with Gasteiger partial charge in [0.05, 0.1) is 11.6 Å². The number of amides is 1. The number of carboxylic acids is 1. The van der Waals surface area contributed by atoms with E-state index < -0.39 is 11.4 Å². The van der Waals surface area contributed by atoms with E-state index >= 15 is 0 Å². The van der Waals surface area contributed by atoms with Crippen LogP contribution in [0.15, 0.2) is 18.6 Å². The summed E-state index contributed by atoms with van der Waals surface area (Å²) in [7, 11) is 0. The Bertz CT molecular complexity index is 586. The van der Waals surface area contributed by atoms with E-state index in [0.29, 0.717) is 19.5 Å². The molecule has 1 atom stereocenters. The summed E-state index contributed by atoms with van der Waals surface area (Å²) in [5, 5.41) is 9.29. The fourth-order valence-electron chi connectivity index (χ4n) is 3.39. The summed E-state index contributed by atoms with van der Waals surface area (Å²) in [4.78, 5) is 36.2. The second-order valence-electron chi connectivity index (χ2n) is 6.70. The number of likely N-dealkylation sites (tertiary alicyclic amines) is 1. The molecule has 3 rings (SSSR count). The van der Waals surface area contributed by atoms with Crippen LogP contribution in [-0.2, 0) is 9.59 Å². The lowest BCUT2D eigenvalue weighted by Gasteiger charge is -2.33. The van der Waals surface area contributed by atoms with Crippen molar-refractivity contribution in [1.82, 2.24) is 14.9 Å². The SMILES string of the molecule is CC1(C(=O)O)CCN(C(=O)C2CCN(c3cnccn3)CC2)C1. The molecule has 2 aliphatic heterocycles. The zero-order valence-electron chi connectivity index (χ0n) is 13.3. The number of piperidine rings is 1. The lowest BCUT2D eigenvalue weighted by Crippen LogP contribution is -2.43. The van der Waals surface area contributed by atoms with Crippen molar-refractivity contribution in [3.8, 4) is 0 Å². The zero-order valence-corrected chi connectivity index (χ0v) is 13.3. The molecule has 1 amide bonds. The Morgan fingerprint density at radius 1 is 1.26 bits per heavy atom. The minimum absolute atomic E-state index is 0.0148. The molecule has 23 heavy (non-hydrogen) atoms. The highest BCUT2D eigenvalue weighted by Crippen LogP contribution is 2.32. The highest BCUT2D eigenvalue weighted by atomic mass is 16.4. The van der Waals surface area contributed by atoms with E-state index in [1.807, 2.05) is 0 Å². The Kier molecular flexibility index (Phi) is 4.19. The van der Waals surface area contributed by atoms with Gasteiger partial charge in [0.25, 0.3) is 0 Å². The van der Waals surface area contributed by atoms with Gasteiger partial charge in [-0.05, 0) is 26.2 Å². The van der Waals surface area contributed by atoms with Crippen LogP contribution in [0.25, 0.3) is 0 Å². The van der Waals surface area contributed by atoms with Gasteiger partial charge in [0.15, 0.2) is 0 Å². The van der Waals surface area contributed by atoms with Gasteiger partial charge in [-0.1, -0.05) is 0 Å².